The van der Waals surface area contributed by atoms with Crippen LogP contribution in [0.25, 0.3) is 0 Å². The summed E-state index contributed by atoms with van der Waals surface area (Å²) >= 11 is 0. The first-order valence-corrected chi connectivity index (χ1v) is 13.8. The van der Waals surface area contributed by atoms with Gasteiger partial charge in [0.05, 0.1) is 30.3 Å². The van der Waals surface area contributed by atoms with Crippen molar-refractivity contribution in [3.63, 3.8) is 0 Å². The van der Waals surface area contributed by atoms with Crippen molar-refractivity contribution >= 4 is 11.9 Å². The lowest BCUT2D eigenvalue weighted by atomic mass is 9.88. The van der Waals surface area contributed by atoms with Crippen LogP contribution in [0.3, 0.4) is 0 Å². The van der Waals surface area contributed by atoms with Crippen LogP contribution in [0.2, 0.25) is 0 Å². The number of hydrogen-bond donors (Lipinski definition) is 3. The van der Waals surface area contributed by atoms with Gasteiger partial charge in [-0.2, -0.15) is 0 Å². The molecule has 8 heteroatoms. The minimum atomic E-state index is -1.41. The first-order chi connectivity index (χ1) is 17.7. The molecule has 1 fully saturated rings. The summed E-state index contributed by atoms with van der Waals surface area (Å²) in [6.45, 7) is 12.6. The molecule has 0 aromatic carbocycles. The van der Waals surface area contributed by atoms with E-state index >= 15 is 0 Å². The second-order valence-electron chi connectivity index (χ2n) is 11.6. The molecule has 0 aromatic heterocycles. The van der Waals surface area contributed by atoms with Crippen LogP contribution in [0, 0.1) is 11.8 Å². The van der Waals surface area contributed by atoms with Crippen LogP contribution >= 0.6 is 0 Å². The van der Waals surface area contributed by atoms with Crippen LogP contribution in [-0.2, 0) is 23.8 Å². The van der Waals surface area contributed by atoms with Gasteiger partial charge in [-0.05, 0) is 64.5 Å². The lowest BCUT2D eigenvalue weighted by Gasteiger charge is -2.32. The molecule has 1 saturated heterocycles. The number of carbonyl (C=O) groups excluding carboxylic acids is 2. The van der Waals surface area contributed by atoms with Gasteiger partial charge in [-0.25, -0.2) is 0 Å². The van der Waals surface area contributed by atoms with E-state index in [4.69, 9.17) is 14.2 Å². The molecule has 0 bridgehead atoms. The smallest absolute Gasteiger partial charge is 0.309 e. The topological polar surface area (TPSA) is 123 Å². The van der Waals surface area contributed by atoms with Gasteiger partial charge in [0.2, 0.25) is 0 Å². The molecule has 0 amide bonds. The molecule has 8 nitrogen and oxygen atoms in total. The standard InChI is InChI=1S/C30H48O8/c1-8-24(33)21(4)25-14-16-29(6,38-25)15-9-10-19(2)28-20(3)11-12-26(36-22(5)31)30(7,35)17-13-23(32)18-27(34)37-28/h9-12,15,20-21,23-26,28,32-33,35H,8,13-14,16-18H2,1-7H3. The fraction of sp³-hybridized carbons (Fsp3) is 0.733. The van der Waals surface area contributed by atoms with Crippen molar-refractivity contribution in [3.05, 3.63) is 36.0 Å². The van der Waals surface area contributed by atoms with E-state index in [0.717, 1.165) is 18.4 Å². The Kier molecular flexibility index (Phi) is 11.8. The Bertz CT molecular complexity index is 891. The molecule has 2 rings (SSSR count). The molecular weight excluding hydrogens is 488 g/mol. The van der Waals surface area contributed by atoms with Crippen molar-refractivity contribution in [1.29, 1.82) is 0 Å². The molecule has 0 aromatic rings. The maximum atomic E-state index is 12.6. The molecule has 0 spiro atoms. The molecule has 0 aliphatic carbocycles. The quantitative estimate of drug-likeness (QED) is 0.252. The summed E-state index contributed by atoms with van der Waals surface area (Å²) in [5, 5.41) is 31.5. The predicted molar refractivity (Wildman–Crippen MR) is 145 cm³/mol. The third-order valence-electron chi connectivity index (χ3n) is 7.83. The van der Waals surface area contributed by atoms with Crippen LogP contribution in [0.15, 0.2) is 36.0 Å². The summed E-state index contributed by atoms with van der Waals surface area (Å²) in [5.41, 5.74) is -1.07. The first-order valence-electron chi connectivity index (χ1n) is 13.8. The van der Waals surface area contributed by atoms with Gasteiger partial charge in [0.15, 0.2) is 0 Å². The summed E-state index contributed by atoms with van der Waals surface area (Å²) in [7, 11) is 0. The van der Waals surface area contributed by atoms with Crippen LogP contribution in [0.1, 0.15) is 87.0 Å². The minimum Gasteiger partial charge on any atom is -0.457 e. The number of allylic oxidation sites excluding steroid dienone is 2. The average Bonchev–Trinajstić information content (AvgIpc) is 3.23. The van der Waals surface area contributed by atoms with Crippen molar-refractivity contribution in [3.8, 4) is 0 Å². The zero-order chi connectivity index (χ0) is 28.7. The maximum absolute atomic E-state index is 12.6. The largest absolute Gasteiger partial charge is 0.457 e. The van der Waals surface area contributed by atoms with Gasteiger partial charge in [-0.15, -0.1) is 0 Å². The molecular formula is C30H48O8. The summed E-state index contributed by atoms with van der Waals surface area (Å²) in [6, 6.07) is 0. The summed E-state index contributed by atoms with van der Waals surface area (Å²) in [5.74, 6) is -1.28. The zero-order valence-electron chi connectivity index (χ0n) is 24.1. The van der Waals surface area contributed by atoms with Gasteiger partial charge >= 0.3 is 11.9 Å². The summed E-state index contributed by atoms with van der Waals surface area (Å²) in [4.78, 5) is 24.3. The Morgan fingerprint density at radius 3 is 2.55 bits per heavy atom. The second-order valence-corrected chi connectivity index (χ2v) is 11.6. The van der Waals surface area contributed by atoms with Crippen molar-refractivity contribution in [2.75, 3.05) is 0 Å². The summed E-state index contributed by atoms with van der Waals surface area (Å²) < 4.78 is 17.5. The molecule has 0 radical (unpaired) electrons. The summed E-state index contributed by atoms with van der Waals surface area (Å²) in [6.07, 6.45) is 8.80. The number of ether oxygens (including phenoxy) is 3. The first kappa shape index (κ1) is 32.2. The SMILES string of the molecule is CCC(O)C(C)C1CCC(C)(C=CC=C(C)C2OC(=O)CC(O)CCC(C)(O)C(OC(C)=O)C=CC2C)O1. The van der Waals surface area contributed by atoms with Crippen LogP contribution in [-0.4, -0.2) is 69.0 Å². The van der Waals surface area contributed by atoms with Gasteiger partial charge in [-0.3, -0.25) is 9.59 Å². The molecule has 9 atom stereocenters. The average molecular weight is 537 g/mol. The van der Waals surface area contributed by atoms with E-state index in [1.54, 1.807) is 19.1 Å². The van der Waals surface area contributed by atoms with Gasteiger partial charge in [0.1, 0.15) is 17.8 Å². The van der Waals surface area contributed by atoms with Crippen LogP contribution in [0.4, 0.5) is 0 Å². The van der Waals surface area contributed by atoms with E-state index in [-0.39, 0.29) is 43.3 Å². The highest BCUT2D eigenvalue weighted by Crippen LogP contribution is 2.36. The number of cyclic esters (lactones) is 1. The van der Waals surface area contributed by atoms with Crippen molar-refractivity contribution < 1.29 is 39.1 Å². The Labute approximate surface area is 227 Å². The van der Waals surface area contributed by atoms with Gasteiger partial charge in [0, 0.05) is 18.8 Å². The minimum absolute atomic E-state index is 0.00379. The predicted octanol–water partition coefficient (Wildman–Crippen LogP) is 4.17. The Hall–Kier alpha value is -2.00. The molecule has 216 valence electrons. The number of carbonyl (C=O) groups is 2. The van der Waals surface area contributed by atoms with E-state index in [1.807, 2.05) is 52.8 Å². The van der Waals surface area contributed by atoms with Crippen molar-refractivity contribution in [2.45, 2.75) is 129 Å². The second kappa shape index (κ2) is 13.9. The zero-order valence-corrected chi connectivity index (χ0v) is 24.1. The highest BCUT2D eigenvalue weighted by Gasteiger charge is 2.38. The van der Waals surface area contributed by atoms with E-state index in [0.29, 0.717) is 6.42 Å². The lowest BCUT2D eigenvalue weighted by molar-refractivity contribution is -0.157. The molecule has 9 unspecified atom stereocenters. The van der Waals surface area contributed by atoms with Crippen LogP contribution in [0.5, 0.6) is 0 Å². The van der Waals surface area contributed by atoms with Crippen molar-refractivity contribution in [2.24, 2.45) is 11.8 Å². The Morgan fingerprint density at radius 1 is 1.24 bits per heavy atom. The highest BCUT2D eigenvalue weighted by molar-refractivity contribution is 5.70. The molecule has 3 N–H and O–H groups in total. The van der Waals surface area contributed by atoms with Gasteiger partial charge in [-0.1, -0.05) is 45.1 Å². The van der Waals surface area contributed by atoms with Crippen molar-refractivity contribution in [1.82, 2.24) is 0 Å². The van der Waals surface area contributed by atoms with Crippen LogP contribution < -0.4 is 0 Å². The molecule has 38 heavy (non-hydrogen) atoms. The molecule has 0 saturated carbocycles. The fourth-order valence-electron chi connectivity index (χ4n) is 5.13. The monoisotopic (exact) mass is 536 g/mol. The van der Waals surface area contributed by atoms with E-state index in [1.165, 1.54) is 6.92 Å². The Balaban J connectivity index is 2.24. The molecule has 2 aliphatic heterocycles. The van der Waals surface area contributed by atoms with Gasteiger partial charge < -0.3 is 29.5 Å². The van der Waals surface area contributed by atoms with Gasteiger partial charge in [0.25, 0.3) is 0 Å². The van der Waals surface area contributed by atoms with E-state index in [9.17, 15) is 24.9 Å². The number of hydrogen-bond acceptors (Lipinski definition) is 8. The number of aliphatic hydroxyl groups excluding tert-OH is 2. The normalized spacial score (nSPS) is 37.3. The Morgan fingerprint density at radius 2 is 1.92 bits per heavy atom. The lowest BCUT2D eigenvalue weighted by Crippen LogP contribution is -2.42. The molecule has 2 aliphatic rings. The highest BCUT2D eigenvalue weighted by atomic mass is 16.6. The fourth-order valence-corrected chi connectivity index (χ4v) is 5.13. The number of aliphatic hydroxyl groups is 3. The van der Waals surface area contributed by atoms with E-state index < -0.39 is 41.5 Å². The number of rotatable bonds is 7. The van der Waals surface area contributed by atoms with E-state index in [2.05, 4.69) is 0 Å². The third-order valence-corrected chi connectivity index (χ3v) is 7.83. The number of esters is 2. The third kappa shape index (κ3) is 9.33. The maximum Gasteiger partial charge on any atom is 0.309 e. The molecule has 2 heterocycles.